The summed E-state index contributed by atoms with van der Waals surface area (Å²) < 4.78 is 2.13. The number of anilines is 1. The number of nitrogens with zero attached hydrogens (tertiary/aromatic N) is 3. The van der Waals surface area contributed by atoms with Crippen molar-refractivity contribution in [2.24, 2.45) is 5.92 Å². The fraction of sp³-hybridized carbons (Fsp3) is 0.259. The van der Waals surface area contributed by atoms with Crippen LogP contribution >= 0.6 is 11.3 Å². The number of hydrogen-bond donors (Lipinski definition) is 0. The third-order valence-electron chi connectivity index (χ3n) is 6.92. The van der Waals surface area contributed by atoms with E-state index in [0.717, 1.165) is 46.9 Å². The third kappa shape index (κ3) is 3.55. The minimum atomic E-state index is -0.00894. The normalized spacial score (nSPS) is 16.4. The first-order chi connectivity index (χ1) is 16.2. The molecular formula is C27H25N3O2S. The maximum atomic E-state index is 13.2. The largest absolute Gasteiger partial charge is 0.338 e. The van der Waals surface area contributed by atoms with Crippen molar-refractivity contribution in [1.82, 2.24) is 9.47 Å². The lowest BCUT2D eigenvalue weighted by atomic mass is 9.95. The molecule has 0 atom stereocenters. The van der Waals surface area contributed by atoms with Crippen molar-refractivity contribution < 1.29 is 9.59 Å². The lowest BCUT2D eigenvalue weighted by molar-refractivity contribution is -0.123. The molecule has 33 heavy (non-hydrogen) atoms. The van der Waals surface area contributed by atoms with Gasteiger partial charge in [-0.15, -0.1) is 11.3 Å². The van der Waals surface area contributed by atoms with Crippen LogP contribution in [0.2, 0.25) is 0 Å². The van der Waals surface area contributed by atoms with Gasteiger partial charge < -0.3 is 14.4 Å². The van der Waals surface area contributed by atoms with Crippen LogP contribution in [0.25, 0.3) is 15.9 Å². The summed E-state index contributed by atoms with van der Waals surface area (Å²) in [6, 6.07) is 22.5. The van der Waals surface area contributed by atoms with Crippen LogP contribution in [0, 0.1) is 5.92 Å². The van der Waals surface area contributed by atoms with Crippen LogP contribution in [-0.4, -0.2) is 40.9 Å². The minimum Gasteiger partial charge on any atom is -0.338 e. The summed E-state index contributed by atoms with van der Waals surface area (Å²) in [7, 11) is 0. The van der Waals surface area contributed by atoms with Gasteiger partial charge in [-0.1, -0.05) is 36.4 Å². The molecule has 0 aliphatic carbocycles. The molecule has 0 N–H and O–H groups in total. The molecule has 5 nitrogen and oxygen atoms in total. The Morgan fingerprint density at radius 2 is 1.64 bits per heavy atom. The monoisotopic (exact) mass is 455 g/mol. The van der Waals surface area contributed by atoms with E-state index in [0.29, 0.717) is 13.1 Å². The molecule has 0 spiro atoms. The molecule has 2 aromatic carbocycles. The lowest BCUT2D eigenvalue weighted by Crippen LogP contribution is -2.44. The predicted molar refractivity (Wildman–Crippen MR) is 132 cm³/mol. The van der Waals surface area contributed by atoms with Crippen molar-refractivity contribution in [3.8, 4) is 5.00 Å². The Morgan fingerprint density at radius 1 is 0.848 bits per heavy atom. The maximum absolute atomic E-state index is 13.2. The molecule has 2 aliphatic rings. The zero-order chi connectivity index (χ0) is 22.4. The van der Waals surface area contributed by atoms with Gasteiger partial charge in [0.05, 0.1) is 10.4 Å². The summed E-state index contributed by atoms with van der Waals surface area (Å²) in [6.07, 6.45) is 4.43. The number of likely N-dealkylation sites (tertiary alicyclic amines) is 1. The summed E-state index contributed by atoms with van der Waals surface area (Å²) >= 11 is 1.52. The van der Waals surface area contributed by atoms with E-state index in [1.807, 2.05) is 52.3 Å². The van der Waals surface area contributed by atoms with E-state index in [-0.39, 0.29) is 17.7 Å². The van der Waals surface area contributed by atoms with E-state index in [1.54, 1.807) is 0 Å². The molecule has 2 aromatic heterocycles. The minimum absolute atomic E-state index is 0.00894. The summed E-state index contributed by atoms with van der Waals surface area (Å²) in [6.45, 7) is 2.03. The molecule has 166 valence electrons. The van der Waals surface area contributed by atoms with Gasteiger partial charge in [-0.3, -0.25) is 9.59 Å². The fourth-order valence-electron chi connectivity index (χ4n) is 5.12. The van der Waals surface area contributed by atoms with Crippen molar-refractivity contribution in [2.75, 3.05) is 24.5 Å². The standard InChI is InChI=1S/C27H25N3O2S/c31-26(30-18-14-20-6-2-4-8-23(20)30)21-11-15-28(16-12-21)27(32)24-9-10-25(33-24)29-17-13-19-5-1-3-7-22(19)29/h1-10,13,17,21H,11-12,14-16,18H2. The topological polar surface area (TPSA) is 45.6 Å². The number of aromatic nitrogens is 1. The number of para-hydroxylation sites is 2. The number of fused-ring (bicyclic) bond motifs is 2. The van der Waals surface area contributed by atoms with Crippen molar-refractivity contribution in [3.05, 3.63) is 83.4 Å². The molecule has 0 saturated carbocycles. The number of amides is 2. The molecule has 6 rings (SSSR count). The van der Waals surface area contributed by atoms with Gasteiger partial charge in [-0.25, -0.2) is 0 Å². The predicted octanol–water partition coefficient (Wildman–Crippen LogP) is 5.13. The number of thiophene rings is 1. The van der Waals surface area contributed by atoms with Gasteiger partial charge in [0, 0.05) is 37.4 Å². The van der Waals surface area contributed by atoms with Gasteiger partial charge in [0.15, 0.2) is 0 Å². The molecule has 0 unspecified atom stereocenters. The van der Waals surface area contributed by atoms with Gasteiger partial charge in [-0.05, 0) is 60.5 Å². The average Bonchev–Trinajstić information content (AvgIpc) is 3.61. The second-order valence-corrected chi connectivity index (χ2v) is 9.88. The first kappa shape index (κ1) is 20.2. The summed E-state index contributed by atoms with van der Waals surface area (Å²) in [5.41, 5.74) is 3.45. The maximum Gasteiger partial charge on any atom is 0.263 e. The second kappa shape index (κ2) is 8.19. The fourth-order valence-corrected chi connectivity index (χ4v) is 6.09. The van der Waals surface area contributed by atoms with E-state index < -0.39 is 0 Å². The molecule has 6 heteroatoms. The van der Waals surface area contributed by atoms with Crippen molar-refractivity contribution in [3.63, 3.8) is 0 Å². The van der Waals surface area contributed by atoms with Gasteiger partial charge in [-0.2, -0.15) is 0 Å². The van der Waals surface area contributed by atoms with Crippen LogP contribution in [0.3, 0.4) is 0 Å². The third-order valence-corrected chi connectivity index (χ3v) is 8.00. The van der Waals surface area contributed by atoms with Gasteiger partial charge in [0.1, 0.15) is 5.00 Å². The highest BCUT2D eigenvalue weighted by Gasteiger charge is 2.33. The highest BCUT2D eigenvalue weighted by Crippen LogP contribution is 2.32. The van der Waals surface area contributed by atoms with Gasteiger partial charge >= 0.3 is 0 Å². The van der Waals surface area contributed by atoms with E-state index in [2.05, 4.69) is 35.0 Å². The lowest BCUT2D eigenvalue weighted by Gasteiger charge is -2.33. The van der Waals surface area contributed by atoms with E-state index in [4.69, 9.17) is 0 Å². The molecule has 1 saturated heterocycles. The Bertz CT molecular complexity index is 1350. The Kier molecular flexibility index (Phi) is 5.03. The van der Waals surface area contributed by atoms with Crippen LogP contribution in [0.4, 0.5) is 5.69 Å². The van der Waals surface area contributed by atoms with Crippen LogP contribution < -0.4 is 4.90 Å². The van der Waals surface area contributed by atoms with Crippen LogP contribution in [0.5, 0.6) is 0 Å². The summed E-state index contributed by atoms with van der Waals surface area (Å²) in [4.78, 5) is 31.0. The summed E-state index contributed by atoms with van der Waals surface area (Å²) in [5, 5.41) is 2.23. The SMILES string of the molecule is O=C(c1ccc(-n2ccc3ccccc32)s1)N1CCC(C(=O)N2CCc3ccccc32)CC1. The van der Waals surface area contributed by atoms with Crippen molar-refractivity contribution >= 4 is 39.7 Å². The van der Waals surface area contributed by atoms with E-state index in [9.17, 15) is 9.59 Å². The van der Waals surface area contributed by atoms with E-state index >= 15 is 0 Å². The van der Waals surface area contributed by atoms with Crippen molar-refractivity contribution in [2.45, 2.75) is 19.3 Å². The Balaban J connectivity index is 1.12. The molecule has 4 aromatic rings. The van der Waals surface area contributed by atoms with Crippen LogP contribution in [0.1, 0.15) is 28.1 Å². The average molecular weight is 456 g/mol. The first-order valence-corrected chi connectivity index (χ1v) is 12.4. The first-order valence-electron chi connectivity index (χ1n) is 11.5. The molecule has 0 bridgehead atoms. The molecule has 0 radical (unpaired) electrons. The van der Waals surface area contributed by atoms with Crippen molar-refractivity contribution in [1.29, 1.82) is 0 Å². The number of hydrogen-bond acceptors (Lipinski definition) is 3. The Labute approximate surface area is 196 Å². The molecular weight excluding hydrogens is 430 g/mol. The highest BCUT2D eigenvalue weighted by molar-refractivity contribution is 7.16. The van der Waals surface area contributed by atoms with Crippen LogP contribution in [0.15, 0.2) is 72.9 Å². The quantitative estimate of drug-likeness (QED) is 0.430. The highest BCUT2D eigenvalue weighted by atomic mass is 32.1. The van der Waals surface area contributed by atoms with Crippen LogP contribution in [-0.2, 0) is 11.2 Å². The number of rotatable bonds is 3. The molecule has 2 aliphatic heterocycles. The van der Waals surface area contributed by atoms with E-state index in [1.165, 1.54) is 22.3 Å². The van der Waals surface area contributed by atoms with Gasteiger partial charge in [0.2, 0.25) is 5.91 Å². The smallest absolute Gasteiger partial charge is 0.263 e. The number of benzene rings is 2. The number of carbonyl (C=O) groups excluding carboxylic acids is 2. The Hall–Kier alpha value is -3.38. The van der Waals surface area contributed by atoms with Gasteiger partial charge in [0.25, 0.3) is 5.91 Å². The molecule has 4 heterocycles. The second-order valence-electron chi connectivity index (χ2n) is 8.82. The Morgan fingerprint density at radius 3 is 2.52 bits per heavy atom. The summed E-state index contributed by atoms with van der Waals surface area (Å²) in [5.74, 6) is 0.274. The molecule has 1 fully saturated rings. The number of piperidine rings is 1. The molecule has 2 amide bonds. The zero-order valence-electron chi connectivity index (χ0n) is 18.3. The zero-order valence-corrected chi connectivity index (χ0v) is 19.1. The number of carbonyl (C=O) groups is 2.